The van der Waals surface area contributed by atoms with Gasteiger partial charge in [-0.15, -0.1) is 0 Å². The van der Waals surface area contributed by atoms with E-state index in [9.17, 15) is 18.0 Å². The third kappa shape index (κ3) is 3.25. The van der Waals surface area contributed by atoms with Crippen LogP contribution in [0.25, 0.3) is 11.3 Å². The van der Waals surface area contributed by atoms with Gasteiger partial charge in [-0.2, -0.15) is 0 Å². The van der Waals surface area contributed by atoms with Crippen LogP contribution in [-0.4, -0.2) is 22.3 Å². The summed E-state index contributed by atoms with van der Waals surface area (Å²) in [5, 5.41) is 2.55. The average Bonchev–Trinajstić information content (AvgIpc) is 2.56. The molecule has 0 saturated heterocycles. The highest BCUT2D eigenvalue weighted by atomic mass is 19.3. The molecule has 1 N–H and O–H groups in total. The number of nitrogens with one attached hydrogen (secondary N) is 1. The normalized spacial score (nSPS) is 17.5. The fourth-order valence-electron chi connectivity index (χ4n) is 3.09. The van der Waals surface area contributed by atoms with Crippen molar-refractivity contribution in [2.24, 2.45) is 0 Å². The average molecular weight is 335 g/mol. The Morgan fingerprint density at radius 2 is 1.92 bits per heavy atom. The highest BCUT2D eigenvalue weighted by Gasteiger charge is 2.36. The molecule has 4 nitrogen and oxygen atoms in total. The lowest BCUT2D eigenvalue weighted by molar-refractivity contribution is -0.105. The van der Waals surface area contributed by atoms with E-state index in [1.54, 1.807) is 6.07 Å². The molecule has 2 heterocycles. The van der Waals surface area contributed by atoms with Gasteiger partial charge in [0.1, 0.15) is 11.5 Å². The van der Waals surface area contributed by atoms with E-state index < -0.39 is 11.7 Å². The summed E-state index contributed by atoms with van der Waals surface area (Å²) >= 11 is 0. The van der Waals surface area contributed by atoms with Crippen LogP contribution in [0.15, 0.2) is 30.6 Å². The maximum absolute atomic E-state index is 14.1. The van der Waals surface area contributed by atoms with Crippen LogP contribution in [0, 0.1) is 5.82 Å². The maximum Gasteiger partial charge on any atom is 0.248 e. The number of nitrogens with zero attached hydrogens (tertiary/aromatic N) is 2. The van der Waals surface area contributed by atoms with Crippen LogP contribution in [0.1, 0.15) is 37.3 Å². The molecule has 3 rings (SSSR count). The molecule has 0 spiro atoms. The molecule has 7 heteroatoms. The Balaban J connectivity index is 2.03. The Morgan fingerprint density at radius 1 is 1.17 bits per heavy atom. The third-order valence-electron chi connectivity index (χ3n) is 4.30. The second-order valence-electron chi connectivity index (χ2n) is 5.84. The van der Waals surface area contributed by atoms with Crippen molar-refractivity contribution in [3.05, 3.63) is 42.1 Å². The van der Waals surface area contributed by atoms with E-state index in [-0.39, 0.29) is 37.3 Å². The van der Waals surface area contributed by atoms with Gasteiger partial charge < -0.3 is 5.32 Å². The molecule has 2 aromatic heterocycles. The highest BCUT2D eigenvalue weighted by molar-refractivity contribution is 5.85. The molecule has 126 valence electrons. The summed E-state index contributed by atoms with van der Waals surface area (Å²) in [6.45, 7) is 0. The quantitative estimate of drug-likeness (QED) is 0.854. The predicted octanol–water partition coefficient (Wildman–Crippen LogP) is 4.14. The SMILES string of the molecule is O=CNc1c(-c2ncccc2F)ccnc1C1CCC(F)(F)CC1. The zero-order valence-electron chi connectivity index (χ0n) is 12.8. The summed E-state index contributed by atoms with van der Waals surface area (Å²) < 4.78 is 40.8. The molecule has 0 radical (unpaired) electrons. The summed E-state index contributed by atoms with van der Waals surface area (Å²) in [4.78, 5) is 19.3. The number of carbonyl (C=O) groups excluding carboxylic acids is 1. The fourth-order valence-corrected chi connectivity index (χ4v) is 3.09. The second-order valence-corrected chi connectivity index (χ2v) is 5.84. The largest absolute Gasteiger partial charge is 0.327 e. The number of anilines is 1. The summed E-state index contributed by atoms with van der Waals surface area (Å²) in [5.41, 5.74) is 1.31. The minimum Gasteiger partial charge on any atom is -0.327 e. The Bertz CT molecular complexity index is 742. The molecule has 1 aliphatic rings. The molecule has 24 heavy (non-hydrogen) atoms. The van der Waals surface area contributed by atoms with E-state index in [4.69, 9.17) is 0 Å². The number of rotatable bonds is 4. The van der Waals surface area contributed by atoms with Crippen LogP contribution in [0.3, 0.4) is 0 Å². The van der Waals surface area contributed by atoms with Gasteiger partial charge in [0.25, 0.3) is 0 Å². The van der Waals surface area contributed by atoms with Crippen molar-refractivity contribution in [1.82, 2.24) is 9.97 Å². The van der Waals surface area contributed by atoms with Gasteiger partial charge in [-0.25, -0.2) is 13.2 Å². The van der Waals surface area contributed by atoms with Gasteiger partial charge in [0.05, 0.1) is 11.4 Å². The van der Waals surface area contributed by atoms with E-state index in [2.05, 4.69) is 15.3 Å². The van der Waals surface area contributed by atoms with Gasteiger partial charge in [-0.3, -0.25) is 14.8 Å². The van der Waals surface area contributed by atoms with Gasteiger partial charge >= 0.3 is 0 Å². The first-order chi connectivity index (χ1) is 11.5. The van der Waals surface area contributed by atoms with E-state index in [1.807, 2.05) is 0 Å². The van der Waals surface area contributed by atoms with Gasteiger partial charge in [-0.05, 0) is 31.0 Å². The molecular weight excluding hydrogens is 319 g/mol. The third-order valence-corrected chi connectivity index (χ3v) is 4.30. The van der Waals surface area contributed by atoms with Crippen molar-refractivity contribution < 1.29 is 18.0 Å². The number of carbonyl (C=O) groups is 1. The van der Waals surface area contributed by atoms with Gasteiger partial charge in [0.15, 0.2) is 0 Å². The molecule has 1 fully saturated rings. The Labute approximate surface area is 137 Å². The molecule has 0 atom stereocenters. The monoisotopic (exact) mass is 335 g/mol. The van der Waals surface area contributed by atoms with Gasteiger partial charge in [0.2, 0.25) is 12.3 Å². The van der Waals surface area contributed by atoms with Crippen LogP contribution in [0.4, 0.5) is 18.9 Å². The number of halogens is 3. The summed E-state index contributed by atoms with van der Waals surface area (Å²) in [6, 6.07) is 4.30. The lowest BCUT2D eigenvalue weighted by Crippen LogP contribution is -2.24. The zero-order chi connectivity index (χ0) is 17.2. The number of hydrogen-bond acceptors (Lipinski definition) is 3. The molecule has 0 bridgehead atoms. The number of pyridine rings is 2. The molecule has 1 amide bonds. The first-order valence-electron chi connectivity index (χ1n) is 7.69. The Hall–Kier alpha value is -2.44. The number of alkyl halides is 2. The fraction of sp³-hybridized carbons (Fsp3) is 0.353. The highest BCUT2D eigenvalue weighted by Crippen LogP contribution is 2.43. The predicted molar refractivity (Wildman–Crippen MR) is 83.3 cm³/mol. The first kappa shape index (κ1) is 16.4. The lowest BCUT2D eigenvalue weighted by Gasteiger charge is -2.29. The number of amides is 1. The van der Waals surface area contributed by atoms with Crippen molar-refractivity contribution >= 4 is 12.1 Å². The number of hydrogen-bond donors (Lipinski definition) is 1. The summed E-state index contributed by atoms with van der Waals surface area (Å²) in [5.74, 6) is -3.39. The molecule has 1 saturated carbocycles. The molecule has 0 unspecified atom stereocenters. The van der Waals surface area contributed by atoms with Gasteiger partial charge in [0, 0.05) is 36.7 Å². The van der Waals surface area contributed by atoms with Crippen molar-refractivity contribution in [3.8, 4) is 11.3 Å². The van der Waals surface area contributed by atoms with E-state index in [1.165, 1.54) is 24.5 Å². The van der Waals surface area contributed by atoms with Crippen LogP contribution in [0.2, 0.25) is 0 Å². The van der Waals surface area contributed by atoms with Crippen LogP contribution < -0.4 is 5.32 Å². The standard InChI is InChI=1S/C17H16F3N3O/c18-13-2-1-8-21-15(13)12-5-9-22-14(16(12)23-10-24)11-3-6-17(19,20)7-4-11/h1-2,5,8-11H,3-4,6-7H2,(H,23,24). The molecule has 0 aliphatic heterocycles. The van der Waals surface area contributed by atoms with E-state index >= 15 is 0 Å². The first-order valence-corrected chi connectivity index (χ1v) is 7.69. The van der Waals surface area contributed by atoms with Crippen LogP contribution >= 0.6 is 0 Å². The molecule has 0 aromatic carbocycles. The summed E-state index contributed by atoms with van der Waals surface area (Å²) in [6.07, 6.45) is 3.50. The molecule has 1 aliphatic carbocycles. The Kier molecular flexibility index (Phi) is 4.51. The molecular formula is C17H16F3N3O. The van der Waals surface area contributed by atoms with Crippen molar-refractivity contribution in [2.45, 2.75) is 37.5 Å². The number of aromatic nitrogens is 2. The smallest absolute Gasteiger partial charge is 0.248 e. The van der Waals surface area contributed by atoms with Crippen molar-refractivity contribution in [3.63, 3.8) is 0 Å². The second kappa shape index (κ2) is 6.59. The topological polar surface area (TPSA) is 54.9 Å². The van der Waals surface area contributed by atoms with E-state index in [0.29, 0.717) is 23.4 Å². The lowest BCUT2D eigenvalue weighted by atomic mass is 9.83. The van der Waals surface area contributed by atoms with E-state index in [0.717, 1.165) is 0 Å². The van der Waals surface area contributed by atoms with Crippen molar-refractivity contribution in [1.29, 1.82) is 0 Å². The van der Waals surface area contributed by atoms with Gasteiger partial charge in [-0.1, -0.05) is 0 Å². The summed E-state index contributed by atoms with van der Waals surface area (Å²) in [7, 11) is 0. The Morgan fingerprint density at radius 3 is 2.58 bits per heavy atom. The van der Waals surface area contributed by atoms with Crippen molar-refractivity contribution in [2.75, 3.05) is 5.32 Å². The minimum atomic E-state index is -2.65. The zero-order valence-corrected chi connectivity index (χ0v) is 12.8. The van der Waals surface area contributed by atoms with Crippen LogP contribution in [0.5, 0.6) is 0 Å². The van der Waals surface area contributed by atoms with Crippen LogP contribution in [-0.2, 0) is 4.79 Å². The minimum absolute atomic E-state index is 0.0895. The maximum atomic E-state index is 14.1. The molecule has 2 aromatic rings.